The molecule has 2 rings (SSSR count). The second kappa shape index (κ2) is 8.87. The van der Waals surface area contributed by atoms with Gasteiger partial charge in [-0.15, -0.1) is 6.42 Å². The minimum Gasteiger partial charge on any atom is -0.429 e. The van der Waals surface area contributed by atoms with Gasteiger partial charge in [0, 0.05) is 7.05 Å². The SMILES string of the molecule is C#Cc1c(Cl)nc(NC)nc1N[C@@H]1C[C@H](CC)[C@@H](C)[C@H]1OC(=O)OC(C)(C)C. The third kappa shape index (κ3) is 5.20. The molecule has 1 aromatic rings. The maximum Gasteiger partial charge on any atom is 0.509 e. The molecule has 1 aromatic heterocycles. The minimum absolute atomic E-state index is 0.158. The van der Waals surface area contributed by atoms with Crippen LogP contribution in [0.3, 0.4) is 0 Å². The van der Waals surface area contributed by atoms with E-state index in [-0.39, 0.29) is 23.2 Å². The molecule has 0 unspecified atom stereocenters. The van der Waals surface area contributed by atoms with Crippen molar-refractivity contribution in [3.8, 4) is 12.3 Å². The summed E-state index contributed by atoms with van der Waals surface area (Å²) < 4.78 is 11.0. The van der Waals surface area contributed by atoms with E-state index in [9.17, 15) is 4.79 Å². The first-order chi connectivity index (χ1) is 13.1. The van der Waals surface area contributed by atoms with Crippen molar-refractivity contribution in [1.82, 2.24) is 9.97 Å². The van der Waals surface area contributed by atoms with Gasteiger partial charge in [0.25, 0.3) is 0 Å². The number of rotatable bonds is 5. The Balaban J connectivity index is 2.28. The Hall–Kier alpha value is -2.20. The van der Waals surface area contributed by atoms with E-state index in [0.29, 0.717) is 23.2 Å². The standard InChI is InChI=1S/C20H29ClN4O3/c1-8-12-10-14(15(11(12)3)27-19(26)28-20(4,5)6)23-17-13(9-2)16(21)24-18(22-7)25-17/h2,11-12,14-15H,8,10H2,1,3-7H3,(H2,22,23,24,25)/t11-,12+,14-,15-/m1/s1. The number of halogens is 1. The largest absolute Gasteiger partial charge is 0.509 e. The summed E-state index contributed by atoms with van der Waals surface area (Å²) in [6.07, 6.45) is 6.33. The molecule has 7 nitrogen and oxygen atoms in total. The summed E-state index contributed by atoms with van der Waals surface area (Å²) in [7, 11) is 1.70. The maximum absolute atomic E-state index is 12.3. The lowest BCUT2D eigenvalue weighted by atomic mass is 9.95. The first-order valence-corrected chi connectivity index (χ1v) is 9.85. The van der Waals surface area contributed by atoms with Crippen LogP contribution in [0, 0.1) is 24.2 Å². The maximum atomic E-state index is 12.3. The van der Waals surface area contributed by atoms with Gasteiger partial charge in [0.05, 0.1) is 6.04 Å². The van der Waals surface area contributed by atoms with Crippen molar-refractivity contribution in [2.45, 2.75) is 65.2 Å². The van der Waals surface area contributed by atoms with Crippen LogP contribution in [0.25, 0.3) is 0 Å². The second-order valence-corrected chi connectivity index (χ2v) is 8.37. The third-order valence-electron chi connectivity index (χ3n) is 4.92. The molecule has 0 amide bonds. The van der Waals surface area contributed by atoms with E-state index in [2.05, 4.69) is 40.4 Å². The fourth-order valence-corrected chi connectivity index (χ4v) is 3.74. The van der Waals surface area contributed by atoms with Crippen LogP contribution in [-0.4, -0.2) is 40.9 Å². The molecular formula is C20H29ClN4O3. The number of carbonyl (C=O) groups is 1. The van der Waals surface area contributed by atoms with Crippen molar-refractivity contribution in [2.24, 2.45) is 11.8 Å². The van der Waals surface area contributed by atoms with Crippen molar-refractivity contribution in [1.29, 1.82) is 0 Å². The molecule has 8 heteroatoms. The van der Waals surface area contributed by atoms with Gasteiger partial charge < -0.3 is 20.1 Å². The summed E-state index contributed by atoms with van der Waals surface area (Å²) in [4.78, 5) is 20.8. The fraction of sp³-hybridized carbons (Fsp3) is 0.650. The molecule has 28 heavy (non-hydrogen) atoms. The van der Waals surface area contributed by atoms with Crippen LogP contribution >= 0.6 is 11.6 Å². The smallest absolute Gasteiger partial charge is 0.429 e. The van der Waals surface area contributed by atoms with E-state index in [1.165, 1.54) is 0 Å². The van der Waals surface area contributed by atoms with Gasteiger partial charge in [-0.1, -0.05) is 37.8 Å². The lowest BCUT2D eigenvalue weighted by Crippen LogP contribution is -2.38. The van der Waals surface area contributed by atoms with Crippen LogP contribution in [0.4, 0.5) is 16.6 Å². The van der Waals surface area contributed by atoms with Crippen molar-refractivity contribution < 1.29 is 14.3 Å². The fourth-order valence-electron chi connectivity index (χ4n) is 3.52. The lowest BCUT2D eigenvalue weighted by Gasteiger charge is -2.27. The molecule has 1 aliphatic carbocycles. The first kappa shape index (κ1) is 22.1. The van der Waals surface area contributed by atoms with E-state index in [4.69, 9.17) is 27.5 Å². The van der Waals surface area contributed by atoms with Gasteiger partial charge in [0.1, 0.15) is 23.1 Å². The zero-order chi connectivity index (χ0) is 21.1. The molecule has 1 saturated carbocycles. The van der Waals surface area contributed by atoms with Gasteiger partial charge in [-0.2, -0.15) is 9.97 Å². The van der Waals surface area contributed by atoms with E-state index in [1.807, 2.05) is 0 Å². The van der Waals surface area contributed by atoms with Crippen molar-refractivity contribution in [3.63, 3.8) is 0 Å². The highest BCUT2D eigenvalue weighted by atomic mass is 35.5. The van der Waals surface area contributed by atoms with E-state index in [0.717, 1.165) is 12.8 Å². The van der Waals surface area contributed by atoms with Crippen LogP contribution in [0.5, 0.6) is 0 Å². The number of nitrogens with zero attached hydrogens (tertiary/aromatic N) is 2. The van der Waals surface area contributed by atoms with Crippen LogP contribution in [0.15, 0.2) is 0 Å². The van der Waals surface area contributed by atoms with E-state index in [1.54, 1.807) is 27.8 Å². The molecule has 0 aromatic carbocycles. The van der Waals surface area contributed by atoms with Crippen LogP contribution in [0.1, 0.15) is 53.0 Å². The zero-order valence-electron chi connectivity index (χ0n) is 17.3. The summed E-state index contributed by atoms with van der Waals surface area (Å²) in [6, 6.07) is -0.171. The summed E-state index contributed by atoms with van der Waals surface area (Å²) in [6.45, 7) is 9.62. The molecule has 1 heterocycles. The number of terminal acetylenes is 1. The van der Waals surface area contributed by atoms with Crippen LogP contribution in [0.2, 0.25) is 5.15 Å². The monoisotopic (exact) mass is 408 g/mol. The Morgan fingerprint density at radius 2 is 2.07 bits per heavy atom. The average Bonchev–Trinajstić information content (AvgIpc) is 2.88. The van der Waals surface area contributed by atoms with Gasteiger partial charge in [-0.05, 0) is 39.0 Å². The number of carbonyl (C=O) groups excluding carboxylic acids is 1. The Morgan fingerprint density at radius 3 is 2.61 bits per heavy atom. The van der Waals surface area contributed by atoms with Gasteiger partial charge in [0.15, 0.2) is 5.15 Å². The van der Waals surface area contributed by atoms with Gasteiger partial charge in [-0.25, -0.2) is 4.79 Å². The number of ether oxygens (including phenoxy) is 2. The van der Waals surface area contributed by atoms with Crippen molar-refractivity contribution >= 4 is 29.5 Å². The minimum atomic E-state index is -0.679. The first-order valence-electron chi connectivity index (χ1n) is 9.47. The topological polar surface area (TPSA) is 85.4 Å². The van der Waals surface area contributed by atoms with Gasteiger partial charge in [-0.3, -0.25) is 0 Å². The van der Waals surface area contributed by atoms with E-state index >= 15 is 0 Å². The number of hydrogen-bond donors (Lipinski definition) is 2. The molecule has 154 valence electrons. The Morgan fingerprint density at radius 1 is 1.39 bits per heavy atom. The zero-order valence-corrected chi connectivity index (χ0v) is 18.1. The average molecular weight is 409 g/mol. The molecule has 0 bridgehead atoms. The molecule has 0 radical (unpaired) electrons. The molecule has 0 spiro atoms. The number of anilines is 2. The molecule has 2 N–H and O–H groups in total. The predicted molar refractivity (Wildman–Crippen MR) is 111 cm³/mol. The molecular weight excluding hydrogens is 380 g/mol. The number of nitrogens with one attached hydrogen (secondary N) is 2. The Labute approximate surface area is 171 Å². The highest BCUT2D eigenvalue weighted by Crippen LogP contribution is 2.38. The molecule has 0 aliphatic heterocycles. The summed E-state index contributed by atoms with van der Waals surface area (Å²) >= 11 is 6.20. The Kier molecular flexibility index (Phi) is 7.00. The highest BCUT2D eigenvalue weighted by Gasteiger charge is 2.43. The quantitative estimate of drug-likeness (QED) is 0.426. The summed E-state index contributed by atoms with van der Waals surface area (Å²) in [5.74, 6) is 3.88. The van der Waals surface area contributed by atoms with Gasteiger partial charge in [0.2, 0.25) is 5.95 Å². The second-order valence-electron chi connectivity index (χ2n) is 8.02. The van der Waals surface area contributed by atoms with Crippen LogP contribution < -0.4 is 10.6 Å². The lowest BCUT2D eigenvalue weighted by molar-refractivity contribution is -0.0366. The predicted octanol–water partition coefficient (Wildman–Crippen LogP) is 4.32. The third-order valence-corrected chi connectivity index (χ3v) is 5.19. The molecule has 4 atom stereocenters. The van der Waals surface area contributed by atoms with E-state index < -0.39 is 11.8 Å². The Bertz CT molecular complexity index is 757. The normalized spacial score (nSPS) is 24.4. The number of hydrogen-bond acceptors (Lipinski definition) is 7. The van der Waals surface area contributed by atoms with Crippen molar-refractivity contribution in [3.05, 3.63) is 10.7 Å². The van der Waals surface area contributed by atoms with Gasteiger partial charge >= 0.3 is 6.16 Å². The molecule has 1 aliphatic rings. The summed E-state index contributed by atoms with van der Waals surface area (Å²) in [5, 5.41) is 6.39. The number of aromatic nitrogens is 2. The highest BCUT2D eigenvalue weighted by molar-refractivity contribution is 6.31. The van der Waals surface area contributed by atoms with Crippen molar-refractivity contribution in [2.75, 3.05) is 17.7 Å². The summed E-state index contributed by atoms with van der Waals surface area (Å²) in [5.41, 5.74) is -0.242. The van der Waals surface area contributed by atoms with Crippen LogP contribution in [-0.2, 0) is 9.47 Å². The molecule has 1 fully saturated rings. The molecule has 0 saturated heterocycles.